The topological polar surface area (TPSA) is 42.7 Å². The van der Waals surface area contributed by atoms with E-state index in [0.29, 0.717) is 0 Å². The number of benzene rings is 1. The van der Waals surface area contributed by atoms with E-state index in [1.807, 2.05) is 12.3 Å². The Hall–Kier alpha value is -2.53. The molecule has 128 valence electrons. The minimum absolute atomic E-state index is 0.231. The van der Waals surface area contributed by atoms with E-state index in [-0.39, 0.29) is 5.82 Å². The number of nitrogens with one attached hydrogen (secondary N) is 1. The number of halogens is 1. The average molecular weight is 336 g/mol. The molecule has 0 spiro atoms. The predicted molar refractivity (Wildman–Crippen MR) is 96.6 cm³/mol. The second-order valence-electron chi connectivity index (χ2n) is 6.36. The van der Waals surface area contributed by atoms with Gasteiger partial charge in [0.05, 0.1) is 12.2 Å². The number of hydrogen-bond donors (Lipinski definition) is 1. The molecule has 0 unspecified atom stereocenters. The van der Waals surface area contributed by atoms with Gasteiger partial charge in [-0.1, -0.05) is 13.3 Å². The van der Waals surface area contributed by atoms with Crippen LogP contribution in [0.4, 0.5) is 4.39 Å². The maximum atomic E-state index is 13.3. The summed E-state index contributed by atoms with van der Waals surface area (Å²) in [5.74, 6) is -0.231. The molecule has 0 saturated heterocycles. The number of pyridine rings is 1. The first kappa shape index (κ1) is 16.0. The molecule has 1 aliphatic heterocycles. The van der Waals surface area contributed by atoms with Gasteiger partial charge in [0, 0.05) is 36.1 Å². The summed E-state index contributed by atoms with van der Waals surface area (Å²) in [4.78, 5) is 4.47. The minimum atomic E-state index is -0.231. The van der Waals surface area contributed by atoms with Crippen molar-refractivity contribution in [3.63, 3.8) is 0 Å². The highest BCUT2D eigenvalue weighted by atomic mass is 19.1. The number of nitrogens with zero attached hydrogens (tertiary/aromatic N) is 3. The molecule has 0 radical (unpaired) electrons. The van der Waals surface area contributed by atoms with Gasteiger partial charge in [0.25, 0.3) is 0 Å². The Labute approximate surface area is 146 Å². The Bertz CT molecular complexity index is 883. The number of hydrogen-bond acceptors (Lipinski definition) is 3. The van der Waals surface area contributed by atoms with Gasteiger partial charge < -0.3 is 5.32 Å². The number of aromatic nitrogens is 3. The van der Waals surface area contributed by atoms with Crippen molar-refractivity contribution in [1.29, 1.82) is 0 Å². The highest BCUT2D eigenvalue weighted by Gasteiger charge is 2.22. The molecule has 0 fully saturated rings. The third-order valence-electron chi connectivity index (χ3n) is 4.58. The third kappa shape index (κ3) is 3.07. The molecule has 5 heteroatoms. The van der Waals surface area contributed by atoms with Crippen molar-refractivity contribution >= 4 is 0 Å². The molecule has 3 heterocycles. The van der Waals surface area contributed by atoms with Crippen LogP contribution < -0.4 is 5.32 Å². The van der Waals surface area contributed by atoms with Gasteiger partial charge in [0.15, 0.2) is 0 Å². The molecule has 0 saturated carbocycles. The normalized spacial score (nSPS) is 13.7. The molecule has 0 atom stereocenters. The highest BCUT2D eigenvalue weighted by molar-refractivity contribution is 5.83. The molecule has 1 aliphatic rings. The van der Waals surface area contributed by atoms with Gasteiger partial charge in [-0.15, -0.1) is 0 Å². The fourth-order valence-corrected chi connectivity index (χ4v) is 3.39. The number of rotatable bonds is 4. The average Bonchev–Trinajstić information content (AvgIpc) is 3.02. The Morgan fingerprint density at radius 1 is 1.16 bits per heavy atom. The van der Waals surface area contributed by atoms with Crippen molar-refractivity contribution in [1.82, 2.24) is 20.1 Å². The summed E-state index contributed by atoms with van der Waals surface area (Å²) in [5, 5.41) is 8.26. The molecule has 4 rings (SSSR count). The highest BCUT2D eigenvalue weighted by Crippen LogP contribution is 2.35. The van der Waals surface area contributed by atoms with E-state index in [1.165, 1.54) is 17.8 Å². The standard InChI is InChI=1S/C20H21FN4/c1-2-3-17-12-15(8-9-23-17)19-18-13-22-10-11-25(18)24-20(19)14-4-6-16(21)7-5-14/h4-9,12,22H,2-3,10-11,13H2,1H3. The summed E-state index contributed by atoms with van der Waals surface area (Å²) in [6.07, 6.45) is 3.89. The molecular weight excluding hydrogens is 315 g/mol. The summed E-state index contributed by atoms with van der Waals surface area (Å²) < 4.78 is 15.4. The van der Waals surface area contributed by atoms with Crippen molar-refractivity contribution in [2.45, 2.75) is 32.9 Å². The zero-order valence-corrected chi connectivity index (χ0v) is 14.3. The lowest BCUT2D eigenvalue weighted by molar-refractivity contribution is 0.477. The van der Waals surface area contributed by atoms with Crippen LogP contribution in [0.25, 0.3) is 22.4 Å². The van der Waals surface area contributed by atoms with Gasteiger partial charge in [-0.05, 0) is 48.4 Å². The Morgan fingerprint density at radius 2 is 2.00 bits per heavy atom. The largest absolute Gasteiger partial charge is 0.309 e. The molecule has 4 nitrogen and oxygen atoms in total. The van der Waals surface area contributed by atoms with Crippen LogP contribution in [-0.4, -0.2) is 21.3 Å². The lowest BCUT2D eigenvalue weighted by Gasteiger charge is -2.16. The lowest BCUT2D eigenvalue weighted by Crippen LogP contribution is -2.28. The summed E-state index contributed by atoms with van der Waals surface area (Å²) in [5.41, 5.74) is 6.37. The van der Waals surface area contributed by atoms with Gasteiger partial charge in [-0.25, -0.2) is 4.39 Å². The predicted octanol–water partition coefficient (Wildman–Crippen LogP) is 3.81. The van der Waals surface area contributed by atoms with Crippen LogP contribution in [0.3, 0.4) is 0 Å². The summed E-state index contributed by atoms with van der Waals surface area (Å²) in [6, 6.07) is 10.8. The van der Waals surface area contributed by atoms with Crippen molar-refractivity contribution in [3.8, 4) is 22.4 Å². The SMILES string of the molecule is CCCc1cc(-c2c(-c3ccc(F)cc3)nn3c2CNCC3)ccn1. The van der Waals surface area contributed by atoms with Crippen LogP contribution in [0, 0.1) is 5.82 Å². The first-order chi connectivity index (χ1) is 12.3. The summed E-state index contributed by atoms with van der Waals surface area (Å²) in [7, 11) is 0. The van der Waals surface area contributed by atoms with Gasteiger partial charge in [-0.3, -0.25) is 9.67 Å². The molecule has 0 bridgehead atoms. The zero-order chi connectivity index (χ0) is 17.2. The molecule has 2 aromatic heterocycles. The fourth-order valence-electron chi connectivity index (χ4n) is 3.39. The number of aryl methyl sites for hydroxylation is 1. The Kier molecular flexibility index (Phi) is 4.32. The second-order valence-corrected chi connectivity index (χ2v) is 6.36. The molecule has 0 aliphatic carbocycles. The van der Waals surface area contributed by atoms with Crippen molar-refractivity contribution in [2.24, 2.45) is 0 Å². The molecule has 25 heavy (non-hydrogen) atoms. The Balaban J connectivity index is 1.89. The van der Waals surface area contributed by atoms with Crippen LogP contribution in [0.5, 0.6) is 0 Å². The van der Waals surface area contributed by atoms with E-state index in [4.69, 9.17) is 5.10 Å². The van der Waals surface area contributed by atoms with E-state index in [0.717, 1.165) is 60.6 Å². The van der Waals surface area contributed by atoms with Crippen molar-refractivity contribution in [3.05, 3.63) is 59.8 Å². The van der Waals surface area contributed by atoms with Crippen LogP contribution in [0.15, 0.2) is 42.6 Å². The minimum Gasteiger partial charge on any atom is -0.309 e. The third-order valence-corrected chi connectivity index (χ3v) is 4.58. The Morgan fingerprint density at radius 3 is 2.80 bits per heavy atom. The van der Waals surface area contributed by atoms with Gasteiger partial charge in [-0.2, -0.15) is 5.10 Å². The van der Waals surface area contributed by atoms with Gasteiger partial charge in [0.1, 0.15) is 11.5 Å². The van der Waals surface area contributed by atoms with E-state index in [9.17, 15) is 4.39 Å². The smallest absolute Gasteiger partial charge is 0.123 e. The molecule has 0 amide bonds. The molecule has 1 aromatic carbocycles. The van der Waals surface area contributed by atoms with Gasteiger partial charge in [0.2, 0.25) is 0 Å². The lowest BCUT2D eigenvalue weighted by atomic mass is 9.98. The van der Waals surface area contributed by atoms with E-state index in [1.54, 1.807) is 12.1 Å². The maximum Gasteiger partial charge on any atom is 0.123 e. The second kappa shape index (κ2) is 6.76. The molecular formula is C20H21FN4. The molecule has 3 aromatic rings. The number of fused-ring (bicyclic) bond motifs is 1. The maximum absolute atomic E-state index is 13.3. The van der Waals surface area contributed by atoms with Crippen LogP contribution in [-0.2, 0) is 19.5 Å². The first-order valence-corrected chi connectivity index (χ1v) is 8.78. The van der Waals surface area contributed by atoms with Crippen LogP contribution in [0.2, 0.25) is 0 Å². The van der Waals surface area contributed by atoms with E-state index < -0.39 is 0 Å². The monoisotopic (exact) mass is 336 g/mol. The first-order valence-electron chi connectivity index (χ1n) is 8.78. The summed E-state index contributed by atoms with van der Waals surface area (Å²) >= 11 is 0. The quantitative estimate of drug-likeness (QED) is 0.788. The van der Waals surface area contributed by atoms with E-state index in [2.05, 4.69) is 28.0 Å². The van der Waals surface area contributed by atoms with Crippen LogP contribution in [0.1, 0.15) is 24.7 Å². The van der Waals surface area contributed by atoms with E-state index >= 15 is 0 Å². The van der Waals surface area contributed by atoms with Crippen LogP contribution >= 0.6 is 0 Å². The van der Waals surface area contributed by atoms with Gasteiger partial charge >= 0.3 is 0 Å². The summed E-state index contributed by atoms with van der Waals surface area (Å²) in [6.45, 7) is 4.70. The fraction of sp³-hybridized carbons (Fsp3) is 0.300. The molecule has 1 N–H and O–H groups in total. The van der Waals surface area contributed by atoms with Crippen molar-refractivity contribution in [2.75, 3.05) is 6.54 Å². The zero-order valence-electron chi connectivity index (χ0n) is 14.3. The van der Waals surface area contributed by atoms with Crippen molar-refractivity contribution < 1.29 is 4.39 Å².